The Labute approximate surface area is 195 Å². The summed E-state index contributed by atoms with van der Waals surface area (Å²) in [6.07, 6.45) is 0. The van der Waals surface area contributed by atoms with E-state index in [1.807, 2.05) is 44.2 Å². The molecule has 0 spiro atoms. The van der Waals surface area contributed by atoms with Crippen molar-refractivity contribution in [1.82, 2.24) is 4.90 Å². The average Bonchev–Trinajstić information content (AvgIpc) is 3.02. The second kappa shape index (κ2) is 8.88. The number of imide groups is 1. The van der Waals surface area contributed by atoms with Crippen LogP contribution in [0, 0.1) is 24.0 Å². The van der Waals surface area contributed by atoms with E-state index >= 15 is 0 Å². The van der Waals surface area contributed by atoms with Crippen LogP contribution in [0.15, 0.2) is 72.4 Å². The van der Waals surface area contributed by atoms with E-state index < -0.39 is 16.7 Å². The number of hydrogen-bond donors (Lipinski definition) is 1. The Kier molecular flexibility index (Phi) is 5.98. The summed E-state index contributed by atoms with van der Waals surface area (Å²) in [5.74, 6) is -0.958. The molecule has 33 heavy (non-hydrogen) atoms. The van der Waals surface area contributed by atoms with Crippen LogP contribution in [-0.4, -0.2) is 21.6 Å². The van der Waals surface area contributed by atoms with Crippen LogP contribution in [0.1, 0.15) is 22.3 Å². The maximum absolute atomic E-state index is 13.4. The lowest BCUT2D eigenvalue weighted by molar-refractivity contribution is -0.384. The third kappa shape index (κ3) is 4.49. The van der Waals surface area contributed by atoms with E-state index in [0.29, 0.717) is 16.3 Å². The first-order chi connectivity index (χ1) is 15.7. The lowest BCUT2D eigenvalue weighted by Crippen LogP contribution is -2.32. The first-order valence-corrected chi connectivity index (χ1v) is 10.6. The molecule has 1 N–H and O–H groups in total. The predicted molar refractivity (Wildman–Crippen MR) is 127 cm³/mol. The van der Waals surface area contributed by atoms with Gasteiger partial charge in [0.25, 0.3) is 17.5 Å². The Bertz CT molecular complexity index is 1300. The van der Waals surface area contributed by atoms with Gasteiger partial charge in [0.15, 0.2) is 0 Å². The summed E-state index contributed by atoms with van der Waals surface area (Å²) in [6, 6.07) is 18.4. The van der Waals surface area contributed by atoms with E-state index in [4.69, 9.17) is 11.6 Å². The van der Waals surface area contributed by atoms with Crippen LogP contribution in [0.4, 0.5) is 11.4 Å². The number of nitrogens with zero attached hydrogens (tertiary/aromatic N) is 2. The molecule has 0 saturated carbocycles. The van der Waals surface area contributed by atoms with Crippen molar-refractivity contribution in [2.45, 2.75) is 20.4 Å². The van der Waals surface area contributed by atoms with Crippen molar-refractivity contribution < 1.29 is 14.5 Å². The van der Waals surface area contributed by atoms with E-state index in [2.05, 4.69) is 5.32 Å². The number of aryl methyl sites for hydroxylation is 2. The molecule has 0 aliphatic carbocycles. The van der Waals surface area contributed by atoms with Crippen LogP contribution in [-0.2, 0) is 16.1 Å². The van der Waals surface area contributed by atoms with Crippen molar-refractivity contribution in [3.8, 4) is 0 Å². The summed E-state index contributed by atoms with van der Waals surface area (Å²) in [4.78, 5) is 38.4. The molecule has 0 saturated heterocycles. The molecule has 0 radical (unpaired) electrons. The summed E-state index contributed by atoms with van der Waals surface area (Å²) < 4.78 is 0. The fourth-order valence-corrected chi connectivity index (χ4v) is 3.72. The molecule has 0 bridgehead atoms. The fourth-order valence-electron chi connectivity index (χ4n) is 3.54. The van der Waals surface area contributed by atoms with Crippen LogP contribution in [0.5, 0.6) is 0 Å². The number of hydrogen-bond acceptors (Lipinski definition) is 5. The summed E-state index contributed by atoms with van der Waals surface area (Å²) in [5.41, 5.74) is 3.86. The first-order valence-electron chi connectivity index (χ1n) is 10.2. The van der Waals surface area contributed by atoms with Crippen molar-refractivity contribution in [3.63, 3.8) is 0 Å². The fraction of sp³-hybridized carbons (Fsp3) is 0.120. The monoisotopic (exact) mass is 461 g/mol. The number of rotatable bonds is 6. The Morgan fingerprint density at radius 2 is 1.61 bits per heavy atom. The van der Waals surface area contributed by atoms with Crippen LogP contribution >= 0.6 is 11.6 Å². The van der Waals surface area contributed by atoms with E-state index in [1.165, 1.54) is 29.2 Å². The van der Waals surface area contributed by atoms with E-state index in [-0.39, 0.29) is 23.5 Å². The molecule has 7 nitrogen and oxygen atoms in total. The topological polar surface area (TPSA) is 92.6 Å². The summed E-state index contributed by atoms with van der Waals surface area (Å²) in [5, 5.41) is 14.6. The summed E-state index contributed by atoms with van der Waals surface area (Å²) in [7, 11) is 0. The highest BCUT2D eigenvalue weighted by atomic mass is 35.5. The zero-order valence-electron chi connectivity index (χ0n) is 18.0. The number of benzene rings is 3. The molecule has 3 aromatic rings. The van der Waals surface area contributed by atoms with Gasteiger partial charge in [-0.25, -0.2) is 0 Å². The molecule has 8 heteroatoms. The van der Waals surface area contributed by atoms with Gasteiger partial charge >= 0.3 is 0 Å². The van der Waals surface area contributed by atoms with E-state index in [9.17, 15) is 19.7 Å². The number of nitro groups is 1. The molecule has 3 aromatic carbocycles. The molecule has 0 unspecified atom stereocenters. The number of carbonyl (C=O) groups is 2. The van der Waals surface area contributed by atoms with Crippen LogP contribution in [0.2, 0.25) is 5.02 Å². The van der Waals surface area contributed by atoms with E-state index in [0.717, 1.165) is 16.7 Å². The quantitative estimate of drug-likeness (QED) is 0.307. The van der Waals surface area contributed by atoms with Gasteiger partial charge in [-0.2, -0.15) is 0 Å². The van der Waals surface area contributed by atoms with Crippen LogP contribution < -0.4 is 5.32 Å². The van der Waals surface area contributed by atoms with Crippen molar-refractivity contribution >= 4 is 40.4 Å². The normalized spacial score (nSPS) is 13.6. The molecule has 166 valence electrons. The highest BCUT2D eigenvalue weighted by Gasteiger charge is 2.39. The minimum atomic E-state index is -0.517. The molecule has 0 fully saturated rings. The van der Waals surface area contributed by atoms with E-state index in [1.54, 1.807) is 12.1 Å². The van der Waals surface area contributed by atoms with Crippen molar-refractivity contribution in [1.29, 1.82) is 0 Å². The summed E-state index contributed by atoms with van der Waals surface area (Å²) in [6.45, 7) is 3.93. The number of non-ortho nitro benzene ring substituents is 1. The zero-order valence-corrected chi connectivity index (χ0v) is 18.7. The molecule has 1 aliphatic rings. The lowest BCUT2D eigenvalue weighted by atomic mass is 10.0. The SMILES string of the molecule is Cc1ccc(CN2C(=O)C(Nc3ccc(C)c(Cl)c3)=C(c3ccc([N+](=O)[O-])cc3)C2=O)cc1. The van der Waals surface area contributed by atoms with Crippen molar-refractivity contribution in [2.75, 3.05) is 5.32 Å². The van der Waals surface area contributed by atoms with Crippen molar-refractivity contribution in [2.24, 2.45) is 0 Å². The van der Waals surface area contributed by atoms with Gasteiger partial charge in [-0.3, -0.25) is 24.6 Å². The second-order valence-corrected chi connectivity index (χ2v) is 8.23. The summed E-state index contributed by atoms with van der Waals surface area (Å²) >= 11 is 6.23. The molecule has 0 atom stereocenters. The van der Waals surface area contributed by atoms with Gasteiger partial charge < -0.3 is 5.32 Å². The van der Waals surface area contributed by atoms with Gasteiger partial charge in [0.05, 0.1) is 17.0 Å². The molecule has 1 heterocycles. The molecular formula is C25H20ClN3O4. The number of nitrogens with one attached hydrogen (secondary N) is 1. The third-order valence-corrected chi connectivity index (χ3v) is 5.84. The highest BCUT2D eigenvalue weighted by Crippen LogP contribution is 2.33. The first kappa shape index (κ1) is 22.2. The average molecular weight is 462 g/mol. The van der Waals surface area contributed by atoms with Crippen LogP contribution in [0.25, 0.3) is 5.57 Å². The molecule has 0 aromatic heterocycles. The van der Waals surface area contributed by atoms with Crippen LogP contribution in [0.3, 0.4) is 0 Å². The molecule has 4 rings (SSSR count). The van der Waals surface area contributed by atoms with Gasteiger partial charge in [0.2, 0.25) is 0 Å². The van der Waals surface area contributed by atoms with Gasteiger partial charge in [0, 0.05) is 22.8 Å². The van der Waals surface area contributed by atoms with Gasteiger partial charge in [-0.1, -0.05) is 47.5 Å². The van der Waals surface area contributed by atoms with Gasteiger partial charge in [-0.15, -0.1) is 0 Å². The number of halogens is 1. The molecule has 1 aliphatic heterocycles. The Balaban J connectivity index is 1.75. The predicted octanol–water partition coefficient (Wildman–Crippen LogP) is 5.26. The number of amides is 2. The Morgan fingerprint density at radius 1 is 0.939 bits per heavy atom. The maximum atomic E-state index is 13.4. The van der Waals surface area contributed by atoms with Gasteiger partial charge in [-0.05, 0) is 54.8 Å². The standard InChI is InChI=1S/C25H20ClN3O4/c1-15-3-6-17(7-4-15)14-28-24(30)22(18-8-11-20(12-9-18)29(32)33)23(25(28)31)27-19-10-5-16(2)21(26)13-19/h3-13,27H,14H2,1-2H3. The van der Waals surface area contributed by atoms with Crippen molar-refractivity contribution in [3.05, 3.63) is 110 Å². The van der Waals surface area contributed by atoms with Gasteiger partial charge in [0.1, 0.15) is 5.70 Å². The minimum Gasteiger partial charge on any atom is -0.350 e. The minimum absolute atomic E-state index is 0.0980. The smallest absolute Gasteiger partial charge is 0.278 e. The highest BCUT2D eigenvalue weighted by molar-refractivity contribution is 6.36. The number of anilines is 1. The molecule has 2 amide bonds. The Hall–Kier alpha value is -3.97. The largest absolute Gasteiger partial charge is 0.350 e. The lowest BCUT2D eigenvalue weighted by Gasteiger charge is -2.16. The maximum Gasteiger partial charge on any atom is 0.278 e. The number of nitro benzene ring substituents is 1. The third-order valence-electron chi connectivity index (χ3n) is 5.44. The molecular weight excluding hydrogens is 442 g/mol. The number of carbonyl (C=O) groups excluding carboxylic acids is 2. The Morgan fingerprint density at radius 3 is 2.21 bits per heavy atom. The second-order valence-electron chi connectivity index (χ2n) is 7.82. The zero-order chi connectivity index (χ0) is 23.7.